The first kappa shape index (κ1) is 15.3. The standard InChI is InChI=1S/C15H20FNO2/c1-11(18)7-4-3-5-8-13-9-6-10-14(15(13)16)17-12(2)19/h6,9-10H,3-5,7-8H2,1-2H3,(H,17,19). The lowest BCUT2D eigenvalue weighted by molar-refractivity contribution is -0.117. The minimum absolute atomic E-state index is 0.193. The van der Waals surface area contributed by atoms with E-state index in [2.05, 4.69) is 5.32 Å². The van der Waals surface area contributed by atoms with E-state index in [0.717, 1.165) is 19.3 Å². The van der Waals surface area contributed by atoms with E-state index in [-0.39, 0.29) is 23.2 Å². The molecule has 3 nitrogen and oxygen atoms in total. The van der Waals surface area contributed by atoms with Crippen molar-refractivity contribution >= 4 is 17.4 Å². The third-order valence-corrected chi connectivity index (χ3v) is 2.86. The molecule has 0 fully saturated rings. The van der Waals surface area contributed by atoms with Gasteiger partial charge in [0.2, 0.25) is 5.91 Å². The highest BCUT2D eigenvalue weighted by Gasteiger charge is 2.08. The lowest BCUT2D eigenvalue weighted by Gasteiger charge is -2.08. The third kappa shape index (κ3) is 5.64. The number of Topliss-reactive ketones (excluding diaryl/α,β-unsaturated/α-hetero) is 1. The lowest BCUT2D eigenvalue weighted by atomic mass is 10.0. The Morgan fingerprint density at radius 2 is 1.89 bits per heavy atom. The molecule has 0 aliphatic rings. The van der Waals surface area contributed by atoms with Crippen LogP contribution < -0.4 is 5.32 Å². The molecule has 0 unspecified atom stereocenters. The maximum absolute atomic E-state index is 14.0. The first-order valence-electron chi connectivity index (χ1n) is 6.55. The van der Waals surface area contributed by atoms with Gasteiger partial charge in [0.15, 0.2) is 0 Å². The molecule has 1 amide bonds. The smallest absolute Gasteiger partial charge is 0.221 e. The number of anilines is 1. The van der Waals surface area contributed by atoms with Gasteiger partial charge in [-0.2, -0.15) is 0 Å². The number of rotatable bonds is 7. The number of nitrogens with one attached hydrogen (secondary N) is 1. The Hall–Kier alpha value is -1.71. The fourth-order valence-electron chi connectivity index (χ4n) is 1.93. The van der Waals surface area contributed by atoms with E-state index < -0.39 is 0 Å². The highest BCUT2D eigenvalue weighted by Crippen LogP contribution is 2.20. The average Bonchev–Trinajstić information content (AvgIpc) is 2.32. The van der Waals surface area contributed by atoms with Crippen LogP contribution in [0.3, 0.4) is 0 Å². The molecule has 1 aromatic rings. The van der Waals surface area contributed by atoms with Crippen LogP contribution in [0, 0.1) is 5.82 Å². The van der Waals surface area contributed by atoms with Crippen molar-refractivity contribution in [2.75, 3.05) is 5.32 Å². The molecule has 19 heavy (non-hydrogen) atoms. The second kappa shape index (κ2) is 7.67. The number of hydrogen-bond acceptors (Lipinski definition) is 2. The van der Waals surface area contributed by atoms with Crippen LogP contribution in [0.2, 0.25) is 0 Å². The maximum atomic E-state index is 14.0. The largest absolute Gasteiger partial charge is 0.324 e. The number of benzene rings is 1. The number of carbonyl (C=O) groups excluding carboxylic acids is 2. The molecule has 1 rings (SSSR count). The van der Waals surface area contributed by atoms with Crippen molar-refractivity contribution in [1.82, 2.24) is 0 Å². The molecule has 0 aliphatic heterocycles. The van der Waals surface area contributed by atoms with Crippen LogP contribution in [-0.2, 0) is 16.0 Å². The normalized spacial score (nSPS) is 10.3. The maximum Gasteiger partial charge on any atom is 0.221 e. The Kier molecular flexibility index (Phi) is 6.19. The van der Waals surface area contributed by atoms with Crippen LogP contribution in [-0.4, -0.2) is 11.7 Å². The zero-order valence-corrected chi connectivity index (χ0v) is 11.5. The molecule has 0 bridgehead atoms. The zero-order valence-electron chi connectivity index (χ0n) is 11.5. The summed E-state index contributed by atoms with van der Waals surface area (Å²) < 4.78 is 14.0. The zero-order chi connectivity index (χ0) is 14.3. The first-order valence-corrected chi connectivity index (χ1v) is 6.55. The van der Waals surface area contributed by atoms with Gasteiger partial charge in [-0.25, -0.2) is 4.39 Å². The minimum atomic E-state index is -0.357. The third-order valence-electron chi connectivity index (χ3n) is 2.86. The molecule has 0 saturated heterocycles. The van der Waals surface area contributed by atoms with Crippen molar-refractivity contribution in [3.8, 4) is 0 Å². The Morgan fingerprint density at radius 1 is 1.16 bits per heavy atom. The van der Waals surface area contributed by atoms with Gasteiger partial charge in [0, 0.05) is 13.3 Å². The molecule has 0 atom stereocenters. The average molecular weight is 265 g/mol. The van der Waals surface area contributed by atoms with E-state index in [0.29, 0.717) is 18.4 Å². The van der Waals surface area contributed by atoms with Gasteiger partial charge in [-0.05, 0) is 37.8 Å². The van der Waals surface area contributed by atoms with E-state index in [4.69, 9.17) is 0 Å². The molecule has 0 aromatic heterocycles. The van der Waals surface area contributed by atoms with Crippen molar-refractivity contribution < 1.29 is 14.0 Å². The van der Waals surface area contributed by atoms with Gasteiger partial charge in [-0.1, -0.05) is 18.6 Å². The van der Waals surface area contributed by atoms with Crippen molar-refractivity contribution in [2.24, 2.45) is 0 Å². The van der Waals surface area contributed by atoms with E-state index in [1.807, 2.05) is 0 Å². The van der Waals surface area contributed by atoms with Crippen LogP contribution in [0.4, 0.5) is 10.1 Å². The Bertz CT molecular complexity index is 457. The van der Waals surface area contributed by atoms with Gasteiger partial charge in [-0.15, -0.1) is 0 Å². The summed E-state index contributed by atoms with van der Waals surface area (Å²) in [6.07, 6.45) is 3.81. The summed E-state index contributed by atoms with van der Waals surface area (Å²) >= 11 is 0. The number of halogens is 1. The Labute approximate surface area is 113 Å². The number of ketones is 1. The quantitative estimate of drug-likeness (QED) is 0.767. The van der Waals surface area contributed by atoms with E-state index in [1.165, 1.54) is 6.92 Å². The van der Waals surface area contributed by atoms with Crippen LogP contribution in [0.1, 0.15) is 45.1 Å². The number of hydrogen-bond donors (Lipinski definition) is 1. The molecule has 4 heteroatoms. The molecule has 0 heterocycles. The molecular formula is C15H20FNO2. The van der Waals surface area contributed by atoms with Crippen LogP contribution in [0.15, 0.2) is 18.2 Å². The molecule has 1 aromatic carbocycles. The van der Waals surface area contributed by atoms with E-state index >= 15 is 0 Å². The van der Waals surface area contributed by atoms with Gasteiger partial charge in [0.1, 0.15) is 11.6 Å². The van der Waals surface area contributed by atoms with Crippen molar-refractivity contribution in [3.05, 3.63) is 29.6 Å². The summed E-state index contributed by atoms with van der Waals surface area (Å²) in [5, 5.41) is 2.47. The molecular weight excluding hydrogens is 245 g/mol. The highest BCUT2D eigenvalue weighted by molar-refractivity contribution is 5.88. The van der Waals surface area contributed by atoms with E-state index in [1.54, 1.807) is 25.1 Å². The predicted molar refractivity (Wildman–Crippen MR) is 73.6 cm³/mol. The lowest BCUT2D eigenvalue weighted by Crippen LogP contribution is -2.08. The number of unbranched alkanes of at least 4 members (excludes halogenated alkanes) is 2. The van der Waals surface area contributed by atoms with Gasteiger partial charge in [0.05, 0.1) is 5.69 Å². The van der Waals surface area contributed by atoms with Gasteiger partial charge in [-0.3, -0.25) is 4.79 Å². The first-order chi connectivity index (χ1) is 9.00. The fourth-order valence-corrected chi connectivity index (χ4v) is 1.93. The van der Waals surface area contributed by atoms with Crippen molar-refractivity contribution in [2.45, 2.75) is 46.0 Å². The Morgan fingerprint density at radius 3 is 2.53 bits per heavy atom. The summed E-state index contributed by atoms with van der Waals surface area (Å²) in [6.45, 7) is 2.93. The summed E-state index contributed by atoms with van der Waals surface area (Å²) in [5.74, 6) is -0.444. The molecule has 0 saturated carbocycles. The number of carbonyl (C=O) groups is 2. The van der Waals surface area contributed by atoms with Crippen molar-refractivity contribution in [1.29, 1.82) is 0 Å². The molecule has 104 valence electrons. The Balaban J connectivity index is 2.49. The molecule has 1 N–H and O–H groups in total. The second-order valence-electron chi connectivity index (χ2n) is 4.72. The molecule has 0 aliphatic carbocycles. The van der Waals surface area contributed by atoms with Gasteiger partial charge < -0.3 is 10.1 Å². The number of aryl methyl sites for hydroxylation is 1. The molecule has 0 spiro atoms. The second-order valence-corrected chi connectivity index (χ2v) is 4.72. The summed E-state index contributed by atoms with van der Waals surface area (Å²) in [5.41, 5.74) is 0.836. The van der Waals surface area contributed by atoms with Gasteiger partial charge >= 0.3 is 0 Å². The number of amides is 1. The van der Waals surface area contributed by atoms with Crippen molar-refractivity contribution in [3.63, 3.8) is 0 Å². The predicted octanol–water partition coefficient (Wildman–Crippen LogP) is 3.48. The van der Waals surface area contributed by atoms with Gasteiger partial charge in [0.25, 0.3) is 0 Å². The highest BCUT2D eigenvalue weighted by atomic mass is 19.1. The SMILES string of the molecule is CC(=O)CCCCCc1cccc(NC(C)=O)c1F. The summed E-state index contributed by atoms with van der Waals surface area (Å²) in [4.78, 5) is 21.7. The van der Waals surface area contributed by atoms with Crippen LogP contribution >= 0.6 is 0 Å². The minimum Gasteiger partial charge on any atom is -0.324 e. The topological polar surface area (TPSA) is 46.2 Å². The summed E-state index contributed by atoms with van der Waals surface area (Å²) in [7, 11) is 0. The van der Waals surface area contributed by atoms with Crippen LogP contribution in [0.5, 0.6) is 0 Å². The fraction of sp³-hybridized carbons (Fsp3) is 0.467. The summed E-state index contributed by atoms with van der Waals surface area (Å²) in [6, 6.07) is 5.01. The van der Waals surface area contributed by atoms with E-state index in [9.17, 15) is 14.0 Å². The monoisotopic (exact) mass is 265 g/mol. The van der Waals surface area contributed by atoms with Crippen LogP contribution in [0.25, 0.3) is 0 Å². The molecule has 0 radical (unpaired) electrons.